The van der Waals surface area contributed by atoms with Gasteiger partial charge < -0.3 is 19.5 Å². The standard InChI is InChI=1S/C25H30N4O3/c1-3-31-22-10-6-20(7-11-22)26-23(30)12-13-24-27-25(28-32-24)19-4-8-21(9-5-19)29-16-14-18(2)15-17-29/h4-11,18H,3,12-17H2,1-2H3,(H,26,30). The van der Waals surface area contributed by atoms with Crippen molar-refractivity contribution >= 4 is 17.3 Å². The molecule has 7 heteroatoms. The molecule has 1 N–H and O–H groups in total. The van der Waals surface area contributed by atoms with E-state index in [4.69, 9.17) is 9.26 Å². The number of piperidine rings is 1. The maximum atomic E-state index is 12.2. The van der Waals surface area contributed by atoms with Gasteiger partial charge in [0.1, 0.15) is 5.75 Å². The lowest BCUT2D eigenvalue weighted by Gasteiger charge is -2.32. The van der Waals surface area contributed by atoms with E-state index in [2.05, 4.69) is 39.4 Å². The number of ether oxygens (including phenoxy) is 1. The fraction of sp³-hybridized carbons (Fsp3) is 0.400. The number of nitrogens with one attached hydrogen (secondary N) is 1. The minimum absolute atomic E-state index is 0.103. The zero-order valence-corrected chi connectivity index (χ0v) is 18.7. The second-order valence-corrected chi connectivity index (χ2v) is 8.23. The highest BCUT2D eigenvalue weighted by molar-refractivity contribution is 5.90. The van der Waals surface area contributed by atoms with E-state index < -0.39 is 0 Å². The minimum Gasteiger partial charge on any atom is -0.494 e. The van der Waals surface area contributed by atoms with E-state index in [0.29, 0.717) is 24.7 Å². The molecule has 0 bridgehead atoms. The maximum Gasteiger partial charge on any atom is 0.227 e. The van der Waals surface area contributed by atoms with Gasteiger partial charge in [-0.3, -0.25) is 4.79 Å². The highest BCUT2D eigenvalue weighted by atomic mass is 16.5. The van der Waals surface area contributed by atoms with Crippen LogP contribution >= 0.6 is 0 Å². The van der Waals surface area contributed by atoms with Crippen molar-refractivity contribution < 1.29 is 14.1 Å². The van der Waals surface area contributed by atoms with Crippen molar-refractivity contribution in [1.82, 2.24) is 10.1 Å². The molecule has 32 heavy (non-hydrogen) atoms. The van der Waals surface area contributed by atoms with E-state index in [1.807, 2.05) is 43.3 Å². The number of nitrogens with zero attached hydrogens (tertiary/aromatic N) is 3. The smallest absolute Gasteiger partial charge is 0.227 e. The lowest BCUT2D eigenvalue weighted by molar-refractivity contribution is -0.116. The Balaban J connectivity index is 1.28. The number of benzene rings is 2. The van der Waals surface area contributed by atoms with Crippen LogP contribution in [0.2, 0.25) is 0 Å². The molecule has 0 spiro atoms. The first-order chi connectivity index (χ1) is 15.6. The Morgan fingerprint density at radius 3 is 2.53 bits per heavy atom. The zero-order chi connectivity index (χ0) is 22.3. The number of rotatable bonds is 8. The lowest BCUT2D eigenvalue weighted by atomic mass is 9.98. The predicted molar refractivity (Wildman–Crippen MR) is 125 cm³/mol. The highest BCUT2D eigenvalue weighted by Crippen LogP contribution is 2.25. The third kappa shape index (κ3) is 5.66. The molecule has 7 nitrogen and oxygen atoms in total. The number of carbonyl (C=O) groups excluding carboxylic acids is 1. The number of carbonyl (C=O) groups is 1. The molecular weight excluding hydrogens is 404 g/mol. The van der Waals surface area contributed by atoms with Gasteiger partial charge in [0.25, 0.3) is 0 Å². The second kappa shape index (κ2) is 10.3. The summed E-state index contributed by atoms with van der Waals surface area (Å²) in [7, 11) is 0. The summed E-state index contributed by atoms with van der Waals surface area (Å²) in [6.45, 7) is 7.07. The lowest BCUT2D eigenvalue weighted by Crippen LogP contribution is -2.32. The van der Waals surface area contributed by atoms with Crippen LogP contribution in [0.5, 0.6) is 5.75 Å². The van der Waals surface area contributed by atoms with Crippen LogP contribution in [0.4, 0.5) is 11.4 Å². The summed E-state index contributed by atoms with van der Waals surface area (Å²) in [6.07, 6.45) is 3.13. The summed E-state index contributed by atoms with van der Waals surface area (Å²) >= 11 is 0. The normalized spacial score (nSPS) is 14.4. The number of anilines is 2. The van der Waals surface area contributed by atoms with Crippen molar-refractivity contribution in [1.29, 1.82) is 0 Å². The molecule has 1 aromatic heterocycles. The van der Waals surface area contributed by atoms with Crippen molar-refractivity contribution in [3.8, 4) is 17.1 Å². The highest BCUT2D eigenvalue weighted by Gasteiger charge is 2.16. The van der Waals surface area contributed by atoms with Gasteiger partial charge in [-0.1, -0.05) is 12.1 Å². The molecule has 168 valence electrons. The van der Waals surface area contributed by atoms with Crippen molar-refractivity contribution in [2.24, 2.45) is 5.92 Å². The summed E-state index contributed by atoms with van der Waals surface area (Å²) in [5.74, 6) is 2.49. The second-order valence-electron chi connectivity index (χ2n) is 8.23. The van der Waals surface area contributed by atoms with Crippen LogP contribution in [0.1, 0.15) is 39.0 Å². The first kappa shape index (κ1) is 21.9. The van der Waals surface area contributed by atoms with Crippen LogP contribution in [0.25, 0.3) is 11.4 Å². The van der Waals surface area contributed by atoms with Crippen molar-refractivity contribution in [2.45, 2.75) is 39.5 Å². The number of aromatic nitrogens is 2. The van der Waals surface area contributed by atoms with E-state index in [9.17, 15) is 4.79 Å². The topological polar surface area (TPSA) is 80.5 Å². The first-order valence-electron chi connectivity index (χ1n) is 11.3. The Kier molecular flexibility index (Phi) is 7.04. The van der Waals surface area contributed by atoms with Gasteiger partial charge in [0.15, 0.2) is 0 Å². The summed E-state index contributed by atoms with van der Waals surface area (Å²) < 4.78 is 10.8. The van der Waals surface area contributed by atoms with Crippen LogP contribution in [0.15, 0.2) is 53.1 Å². The molecule has 2 aromatic carbocycles. The molecule has 1 aliphatic rings. The Labute approximate surface area is 188 Å². The van der Waals surface area contributed by atoms with Gasteiger partial charge in [-0.25, -0.2) is 0 Å². The number of amides is 1. The van der Waals surface area contributed by atoms with E-state index in [-0.39, 0.29) is 12.3 Å². The average Bonchev–Trinajstić information content (AvgIpc) is 3.29. The van der Waals surface area contributed by atoms with Crippen molar-refractivity contribution in [2.75, 3.05) is 29.9 Å². The van der Waals surface area contributed by atoms with Gasteiger partial charge in [0.2, 0.25) is 17.6 Å². The fourth-order valence-corrected chi connectivity index (χ4v) is 3.81. The molecule has 0 unspecified atom stereocenters. The monoisotopic (exact) mass is 434 g/mol. The molecule has 4 rings (SSSR count). The van der Waals surface area contributed by atoms with E-state index in [0.717, 1.165) is 36.0 Å². The quantitative estimate of drug-likeness (QED) is 0.541. The maximum absolute atomic E-state index is 12.2. The molecule has 1 saturated heterocycles. The van der Waals surface area contributed by atoms with E-state index in [1.54, 1.807) is 0 Å². The number of hydrogen-bond donors (Lipinski definition) is 1. The van der Waals surface area contributed by atoms with Gasteiger partial charge in [-0.15, -0.1) is 0 Å². The SMILES string of the molecule is CCOc1ccc(NC(=O)CCc2nc(-c3ccc(N4CCC(C)CC4)cc3)no2)cc1. The molecule has 3 aromatic rings. The average molecular weight is 435 g/mol. The Bertz CT molecular complexity index is 1010. The summed E-state index contributed by atoms with van der Waals surface area (Å²) in [5, 5.41) is 6.95. The molecule has 2 heterocycles. The molecule has 1 amide bonds. The van der Waals surface area contributed by atoms with Gasteiger partial charge in [0.05, 0.1) is 6.61 Å². The van der Waals surface area contributed by atoms with E-state index in [1.165, 1.54) is 18.5 Å². The molecule has 1 aliphatic heterocycles. The third-order valence-electron chi connectivity index (χ3n) is 5.76. The van der Waals surface area contributed by atoms with Crippen LogP contribution in [-0.4, -0.2) is 35.7 Å². The molecule has 0 saturated carbocycles. The van der Waals surface area contributed by atoms with Crippen LogP contribution in [0, 0.1) is 5.92 Å². The molecule has 0 aliphatic carbocycles. The van der Waals surface area contributed by atoms with Gasteiger partial charge >= 0.3 is 0 Å². The van der Waals surface area contributed by atoms with Crippen molar-refractivity contribution in [3.63, 3.8) is 0 Å². The fourth-order valence-electron chi connectivity index (χ4n) is 3.81. The molecular formula is C25H30N4O3. The zero-order valence-electron chi connectivity index (χ0n) is 18.7. The van der Waals surface area contributed by atoms with Gasteiger partial charge in [-0.05, 0) is 74.2 Å². The Morgan fingerprint density at radius 2 is 1.84 bits per heavy atom. The van der Waals surface area contributed by atoms with Gasteiger partial charge in [-0.2, -0.15) is 4.98 Å². The first-order valence-corrected chi connectivity index (χ1v) is 11.3. The minimum atomic E-state index is -0.103. The van der Waals surface area contributed by atoms with Gasteiger partial charge in [0, 0.05) is 42.9 Å². The third-order valence-corrected chi connectivity index (χ3v) is 5.76. The van der Waals surface area contributed by atoms with Crippen LogP contribution in [0.3, 0.4) is 0 Å². The molecule has 1 fully saturated rings. The molecule has 0 atom stereocenters. The van der Waals surface area contributed by atoms with E-state index >= 15 is 0 Å². The Hall–Kier alpha value is -3.35. The largest absolute Gasteiger partial charge is 0.494 e. The summed E-state index contributed by atoms with van der Waals surface area (Å²) in [4.78, 5) is 19.1. The molecule has 0 radical (unpaired) electrons. The summed E-state index contributed by atoms with van der Waals surface area (Å²) in [6, 6.07) is 15.6. The van der Waals surface area contributed by atoms with Crippen LogP contribution < -0.4 is 15.0 Å². The summed E-state index contributed by atoms with van der Waals surface area (Å²) in [5.41, 5.74) is 2.87. The Morgan fingerprint density at radius 1 is 1.12 bits per heavy atom. The number of aryl methyl sites for hydroxylation is 1. The number of hydrogen-bond acceptors (Lipinski definition) is 6. The predicted octanol–water partition coefficient (Wildman–Crippen LogP) is 4.94. The van der Waals surface area contributed by atoms with Crippen molar-refractivity contribution in [3.05, 3.63) is 54.4 Å². The van der Waals surface area contributed by atoms with Crippen LogP contribution in [-0.2, 0) is 11.2 Å².